The molecule has 0 saturated carbocycles. The third kappa shape index (κ3) is 2.34. The van der Waals surface area contributed by atoms with E-state index < -0.39 is 0 Å². The quantitative estimate of drug-likeness (QED) is 0.779. The third-order valence-corrected chi connectivity index (χ3v) is 3.47. The second-order valence-corrected chi connectivity index (χ2v) is 4.81. The molecule has 1 heterocycles. The van der Waals surface area contributed by atoms with Crippen LogP contribution in [0, 0.1) is 6.92 Å². The first-order chi connectivity index (χ1) is 8.00. The number of aromatic nitrogens is 1. The number of rotatable bonds is 1. The zero-order chi connectivity index (χ0) is 12.6. The van der Waals surface area contributed by atoms with E-state index in [-0.39, 0.29) is 5.43 Å². The smallest absolute Gasteiger partial charge is 0.189 e. The topological polar surface area (TPSA) is 32.9 Å². The normalized spacial score (nSPS) is 10.6. The number of benzene rings is 1. The van der Waals surface area contributed by atoms with E-state index in [4.69, 9.17) is 34.8 Å². The summed E-state index contributed by atoms with van der Waals surface area (Å²) in [7, 11) is 0. The zero-order valence-corrected chi connectivity index (χ0v) is 11.1. The molecule has 1 aromatic heterocycles. The summed E-state index contributed by atoms with van der Waals surface area (Å²) >= 11 is 17.9. The highest BCUT2D eigenvalue weighted by molar-refractivity contribution is 6.44. The van der Waals surface area contributed by atoms with Gasteiger partial charge in [-0.1, -0.05) is 34.8 Å². The monoisotopic (exact) mass is 287 g/mol. The highest BCUT2D eigenvalue weighted by atomic mass is 35.5. The van der Waals surface area contributed by atoms with E-state index in [1.54, 1.807) is 19.2 Å². The van der Waals surface area contributed by atoms with Crippen molar-refractivity contribution in [2.24, 2.45) is 0 Å². The Kier molecular flexibility index (Phi) is 3.48. The van der Waals surface area contributed by atoms with E-state index in [9.17, 15) is 4.79 Å². The standard InChI is InChI=1S/C12H8Cl3NO/c1-6-12(11(17)2-3-16-6)7-4-9(14)10(15)5-8(7)13/h2-5H,1H3,(H,16,17). The van der Waals surface area contributed by atoms with Gasteiger partial charge in [-0.25, -0.2) is 0 Å². The Morgan fingerprint density at radius 3 is 2.35 bits per heavy atom. The van der Waals surface area contributed by atoms with Gasteiger partial charge in [0.2, 0.25) is 0 Å². The number of aryl methyl sites for hydroxylation is 1. The van der Waals surface area contributed by atoms with E-state index in [1.165, 1.54) is 12.1 Å². The van der Waals surface area contributed by atoms with Crippen LogP contribution in [-0.4, -0.2) is 4.98 Å². The average Bonchev–Trinajstić information content (AvgIpc) is 2.25. The van der Waals surface area contributed by atoms with Gasteiger partial charge in [-0.3, -0.25) is 4.79 Å². The molecule has 88 valence electrons. The van der Waals surface area contributed by atoms with Gasteiger partial charge in [0.15, 0.2) is 5.43 Å². The van der Waals surface area contributed by atoms with Gasteiger partial charge in [0.05, 0.1) is 15.1 Å². The van der Waals surface area contributed by atoms with Crippen LogP contribution in [0.25, 0.3) is 11.1 Å². The molecule has 2 nitrogen and oxygen atoms in total. The van der Waals surface area contributed by atoms with Crippen molar-refractivity contribution in [2.75, 3.05) is 0 Å². The maximum Gasteiger partial charge on any atom is 0.189 e. The number of pyridine rings is 1. The van der Waals surface area contributed by atoms with Crippen molar-refractivity contribution in [3.05, 3.63) is 55.4 Å². The van der Waals surface area contributed by atoms with Gasteiger partial charge >= 0.3 is 0 Å². The first kappa shape index (κ1) is 12.5. The lowest BCUT2D eigenvalue weighted by Crippen LogP contribution is -2.06. The van der Waals surface area contributed by atoms with Crippen molar-refractivity contribution in [3.8, 4) is 11.1 Å². The summed E-state index contributed by atoms with van der Waals surface area (Å²) in [5.41, 5.74) is 1.72. The number of hydrogen-bond acceptors (Lipinski definition) is 1. The van der Waals surface area contributed by atoms with Crippen LogP contribution in [0.2, 0.25) is 15.1 Å². The molecule has 0 aliphatic carbocycles. The Hall–Kier alpha value is -0.960. The molecule has 0 atom stereocenters. The summed E-state index contributed by atoms with van der Waals surface area (Å²) in [6, 6.07) is 4.58. The minimum absolute atomic E-state index is 0.110. The molecule has 2 aromatic rings. The molecular formula is C12H8Cl3NO. The number of nitrogens with one attached hydrogen (secondary N) is 1. The Morgan fingerprint density at radius 2 is 1.71 bits per heavy atom. The van der Waals surface area contributed by atoms with E-state index in [2.05, 4.69) is 4.98 Å². The molecule has 0 spiro atoms. The molecule has 0 aliphatic rings. The zero-order valence-electron chi connectivity index (χ0n) is 8.85. The average molecular weight is 289 g/mol. The van der Waals surface area contributed by atoms with Crippen LogP contribution in [0.3, 0.4) is 0 Å². The molecule has 0 radical (unpaired) electrons. The number of aromatic amines is 1. The molecule has 0 fully saturated rings. The Balaban J connectivity index is 2.78. The summed E-state index contributed by atoms with van der Waals surface area (Å²) < 4.78 is 0. The van der Waals surface area contributed by atoms with Gasteiger partial charge in [-0.2, -0.15) is 0 Å². The lowest BCUT2D eigenvalue weighted by atomic mass is 10.0. The van der Waals surface area contributed by atoms with Gasteiger partial charge in [0, 0.05) is 29.1 Å². The largest absolute Gasteiger partial charge is 0.364 e. The molecule has 0 amide bonds. The van der Waals surface area contributed by atoms with Gasteiger partial charge in [0.25, 0.3) is 0 Å². The summed E-state index contributed by atoms with van der Waals surface area (Å²) in [5.74, 6) is 0. The van der Waals surface area contributed by atoms with Crippen molar-refractivity contribution >= 4 is 34.8 Å². The minimum Gasteiger partial charge on any atom is -0.364 e. The number of halogens is 3. The molecule has 5 heteroatoms. The first-order valence-electron chi connectivity index (χ1n) is 4.84. The maximum atomic E-state index is 11.8. The lowest BCUT2D eigenvalue weighted by Gasteiger charge is -2.08. The fourth-order valence-electron chi connectivity index (χ4n) is 1.63. The van der Waals surface area contributed by atoms with Crippen molar-refractivity contribution in [2.45, 2.75) is 6.92 Å². The van der Waals surface area contributed by atoms with Crippen LogP contribution in [-0.2, 0) is 0 Å². The molecule has 1 N–H and O–H groups in total. The summed E-state index contributed by atoms with van der Waals surface area (Å²) in [6.45, 7) is 1.80. The second-order valence-electron chi connectivity index (χ2n) is 3.59. The van der Waals surface area contributed by atoms with Crippen molar-refractivity contribution in [1.29, 1.82) is 0 Å². The van der Waals surface area contributed by atoms with Crippen molar-refractivity contribution in [3.63, 3.8) is 0 Å². The predicted octanol–water partition coefficient (Wildman–Crippen LogP) is 4.31. The molecule has 1 aromatic carbocycles. The third-order valence-electron chi connectivity index (χ3n) is 2.44. The highest BCUT2D eigenvalue weighted by Gasteiger charge is 2.13. The van der Waals surface area contributed by atoms with Crippen LogP contribution < -0.4 is 5.43 Å². The van der Waals surface area contributed by atoms with Gasteiger partial charge < -0.3 is 4.98 Å². The Morgan fingerprint density at radius 1 is 1.06 bits per heavy atom. The Bertz CT molecular complexity index is 634. The lowest BCUT2D eigenvalue weighted by molar-refractivity contribution is 1.19. The van der Waals surface area contributed by atoms with Gasteiger partial charge in [-0.15, -0.1) is 0 Å². The summed E-state index contributed by atoms with van der Waals surface area (Å²) in [5, 5.41) is 1.14. The van der Waals surface area contributed by atoms with E-state index in [1.807, 2.05) is 0 Å². The minimum atomic E-state index is -0.110. The fraction of sp³-hybridized carbons (Fsp3) is 0.0833. The first-order valence-corrected chi connectivity index (χ1v) is 5.97. The fourth-order valence-corrected chi connectivity index (χ4v) is 2.27. The maximum absolute atomic E-state index is 11.8. The van der Waals surface area contributed by atoms with Crippen LogP contribution >= 0.6 is 34.8 Å². The van der Waals surface area contributed by atoms with Crippen LogP contribution in [0.5, 0.6) is 0 Å². The van der Waals surface area contributed by atoms with Crippen molar-refractivity contribution in [1.82, 2.24) is 4.98 Å². The molecule has 0 bridgehead atoms. The number of hydrogen-bond donors (Lipinski definition) is 1. The SMILES string of the molecule is Cc1[nH]ccc(=O)c1-c1cc(Cl)c(Cl)cc1Cl. The predicted molar refractivity (Wildman–Crippen MR) is 72.3 cm³/mol. The molecule has 0 saturated heterocycles. The molecular weight excluding hydrogens is 280 g/mol. The second kappa shape index (κ2) is 4.73. The summed E-state index contributed by atoms with van der Waals surface area (Å²) in [6.07, 6.45) is 1.59. The summed E-state index contributed by atoms with van der Waals surface area (Å²) in [4.78, 5) is 14.8. The van der Waals surface area contributed by atoms with Crippen molar-refractivity contribution < 1.29 is 0 Å². The van der Waals surface area contributed by atoms with E-state index >= 15 is 0 Å². The Labute approximate surface area is 113 Å². The molecule has 0 aliphatic heterocycles. The molecule has 0 unspecified atom stereocenters. The van der Waals surface area contributed by atoms with E-state index in [0.29, 0.717) is 26.2 Å². The van der Waals surface area contributed by atoms with Crippen LogP contribution in [0.4, 0.5) is 0 Å². The molecule has 17 heavy (non-hydrogen) atoms. The highest BCUT2D eigenvalue weighted by Crippen LogP contribution is 2.34. The van der Waals surface area contributed by atoms with Gasteiger partial charge in [0.1, 0.15) is 0 Å². The van der Waals surface area contributed by atoms with E-state index in [0.717, 1.165) is 5.69 Å². The molecule has 2 rings (SSSR count). The number of H-pyrrole nitrogens is 1. The van der Waals surface area contributed by atoms with Crippen LogP contribution in [0.15, 0.2) is 29.2 Å². The van der Waals surface area contributed by atoms with Gasteiger partial charge in [-0.05, 0) is 19.1 Å². The van der Waals surface area contributed by atoms with Crippen LogP contribution in [0.1, 0.15) is 5.69 Å².